The number of morpholine rings is 1. The highest BCUT2D eigenvalue weighted by molar-refractivity contribution is 5.48. The van der Waals surface area contributed by atoms with Gasteiger partial charge >= 0.3 is 0 Å². The minimum Gasteiger partial charge on any atom is -0.373 e. The minimum absolute atomic E-state index is 0.313. The maximum absolute atomic E-state index is 5.84. The maximum Gasteiger partial charge on any atom is 0.0877 e. The summed E-state index contributed by atoms with van der Waals surface area (Å²) in [6.07, 6.45) is 1.51. The maximum atomic E-state index is 5.84. The van der Waals surface area contributed by atoms with Crippen molar-refractivity contribution in [3.63, 3.8) is 0 Å². The summed E-state index contributed by atoms with van der Waals surface area (Å²) >= 11 is 0. The molecule has 0 radical (unpaired) electrons. The van der Waals surface area contributed by atoms with E-state index in [1.54, 1.807) is 0 Å². The monoisotopic (exact) mass is 276 g/mol. The van der Waals surface area contributed by atoms with E-state index < -0.39 is 0 Å². The molecule has 0 N–H and O–H groups in total. The fraction of sp³-hybridized carbons (Fsp3) is 0.647. The van der Waals surface area contributed by atoms with Gasteiger partial charge in [-0.05, 0) is 44.1 Å². The molecule has 1 heterocycles. The normalized spacial score (nSPS) is 21.2. The third-order valence-electron chi connectivity index (χ3n) is 4.15. The fourth-order valence-electron chi connectivity index (χ4n) is 2.72. The average molecular weight is 276 g/mol. The third kappa shape index (κ3) is 3.97. The summed E-state index contributed by atoms with van der Waals surface area (Å²) < 4.78 is 5.84. The Labute approximate surface area is 123 Å². The number of anilines is 1. The quantitative estimate of drug-likeness (QED) is 0.822. The zero-order valence-corrected chi connectivity index (χ0v) is 13.3. The molecule has 0 amide bonds. The highest BCUT2D eigenvalue weighted by atomic mass is 16.5. The molecular weight excluding hydrogens is 248 g/mol. The predicted molar refractivity (Wildman–Crippen MR) is 85.7 cm³/mol. The second-order valence-electron chi connectivity index (χ2n) is 6.10. The summed E-state index contributed by atoms with van der Waals surface area (Å²) in [6.45, 7) is 8.32. The van der Waals surface area contributed by atoms with E-state index in [4.69, 9.17) is 4.74 Å². The van der Waals surface area contributed by atoms with E-state index in [9.17, 15) is 0 Å². The molecule has 1 aromatic carbocycles. The van der Waals surface area contributed by atoms with Gasteiger partial charge in [0.1, 0.15) is 0 Å². The summed E-state index contributed by atoms with van der Waals surface area (Å²) in [6, 6.07) is 9.08. The number of ether oxygens (including phenoxy) is 1. The van der Waals surface area contributed by atoms with Gasteiger partial charge in [-0.1, -0.05) is 26.0 Å². The van der Waals surface area contributed by atoms with Crippen molar-refractivity contribution in [3.8, 4) is 0 Å². The SMILES string of the molecule is CCC(C)c1ccc(N2CCO[C@H](CN(C)C)C2)cc1. The summed E-state index contributed by atoms with van der Waals surface area (Å²) in [5.41, 5.74) is 2.76. The lowest BCUT2D eigenvalue weighted by atomic mass is 9.98. The Morgan fingerprint density at radius 1 is 1.30 bits per heavy atom. The molecule has 3 heteroatoms. The molecule has 0 aromatic heterocycles. The molecule has 0 bridgehead atoms. The Balaban J connectivity index is 2.00. The van der Waals surface area contributed by atoms with E-state index in [0.29, 0.717) is 12.0 Å². The molecule has 3 nitrogen and oxygen atoms in total. The summed E-state index contributed by atoms with van der Waals surface area (Å²) in [5, 5.41) is 0. The second-order valence-corrected chi connectivity index (χ2v) is 6.10. The van der Waals surface area contributed by atoms with Gasteiger partial charge in [0.25, 0.3) is 0 Å². The summed E-state index contributed by atoms with van der Waals surface area (Å²) in [7, 11) is 4.20. The Kier molecular flexibility index (Phi) is 5.44. The van der Waals surface area contributed by atoms with Crippen molar-refractivity contribution in [1.82, 2.24) is 4.90 Å². The molecule has 20 heavy (non-hydrogen) atoms. The lowest BCUT2D eigenvalue weighted by Crippen LogP contribution is -2.46. The van der Waals surface area contributed by atoms with E-state index in [-0.39, 0.29) is 0 Å². The molecule has 1 aliphatic heterocycles. The molecule has 0 saturated carbocycles. The van der Waals surface area contributed by atoms with Crippen LogP contribution < -0.4 is 4.90 Å². The minimum atomic E-state index is 0.313. The highest BCUT2D eigenvalue weighted by Crippen LogP contribution is 2.23. The summed E-state index contributed by atoms with van der Waals surface area (Å²) in [5.74, 6) is 0.648. The Morgan fingerprint density at radius 3 is 2.60 bits per heavy atom. The van der Waals surface area contributed by atoms with Gasteiger partial charge in [-0.3, -0.25) is 0 Å². The lowest BCUT2D eigenvalue weighted by Gasteiger charge is -2.35. The Morgan fingerprint density at radius 2 is 2.00 bits per heavy atom. The van der Waals surface area contributed by atoms with Crippen molar-refractivity contribution in [2.45, 2.75) is 32.3 Å². The Bertz CT molecular complexity index is 402. The lowest BCUT2D eigenvalue weighted by molar-refractivity contribution is 0.0248. The van der Waals surface area contributed by atoms with E-state index >= 15 is 0 Å². The van der Waals surface area contributed by atoms with Gasteiger partial charge in [-0.25, -0.2) is 0 Å². The van der Waals surface area contributed by atoms with Crippen LogP contribution in [0.2, 0.25) is 0 Å². The first-order chi connectivity index (χ1) is 9.60. The van der Waals surface area contributed by atoms with Gasteiger partial charge < -0.3 is 14.5 Å². The molecule has 1 unspecified atom stereocenters. The largest absolute Gasteiger partial charge is 0.373 e. The number of hydrogen-bond donors (Lipinski definition) is 0. The molecule has 1 aromatic rings. The van der Waals surface area contributed by atoms with Crippen molar-refractivity contribution in [2.75, 3.05) is 45.2 Å². The first-order valence-electron chi connectivity index (χ1n) is 7.71. The van der Waals surface area contributed by atoms with Gasteiger partial charge in [0.05, 0.1) is 12.7 Å². The smallest absolute Gasteiger partial charge is 0.0877 e. The van der Waals surface area contributed by atoms with E-state index in [2.05, 4.69) is 62.0 Å². The molecule has 1 saturated heterocycles. The number of likely N-dealkylation sites (N-methyl/N-ethyl adjacent to an activating group) is 1. The first kappa shape index (κ1) is 15.3. The van der Waals surface area contributed by atoms with Crippen LogP contribution in [0.15, 0.2) is 24.3 Å². The predicted octanol–water partition coefficient (Wildman–Crippen LogP) is 2.97. The van der Waals surface area contributed by atoms with Crippen LogP contribution in [-0.2, 0) is 4.74 Å². The van der Waals surface area contributed by atoms with Crippen LogP contribution in [0.4, 0.5) is 5.69 Å². The molecule has 2 atom stereocenters. The van der Waals surface area contributed by atoms with E-state index in [1.165, 1.54) is 17.7 Å². The van der Waals surface area contributed by atoms with Crippen molar-refractivity contribution in [3.05, 3.63) is 29.8 Å². The van der Waals surface area contributed by atoms with Gasteiger partial charge in [-0.15, -0.1) is 0 Å². The first-order valence-corrected chi connectivity index (χ1v) is 7.71. The molecule has 112 valence electrons. The number of rotatable bonds is 5. The van der Waals surface area contributed by atoms with E-state index in [1.807, 2.05) is 0 Å². The molecule has 2 rings (SSSR count). The molecular formula is C17H28N2O. The van der Waals surface area contributed by atoms with Gasteiger partial charge in [-0.2, -0.15) is 0 Å². The zero-order valence-electron chi connectivity index (χ0n) is 13.3. The zero-order chi connectivity index (χ0) is 14.5. The number of nitrogens with zero attached hydrogens (tertiary/aromatic N) is 2. The number of hydrogen-bond acceptors (Lipinski definition) is 3. The van der Waals surface area contributed by atoms with Crippen molar-refractivity contribution < 1.29 is 4.74 Å². The van der Waals surface area contributed by atoms with Crippen LogP contribution in [-0.4, -0.2) is 51.3 Å². The third-order valence-corrected chi connectivity index (χ3v) is 4.15. The van der Waals surface area contributed by atoms with Gasteiger partial charge in [0, 0.05) is 25.3 Å². The van der Waals surface area contributed by atoms with Crippen LogP contribution in [0.1, 0.15) is 31.7 Å². The number of benzene rings is 1. The van der Waals surface area contributed by atoms with Crippen LogP contribution in [0.5, 0.6) is 0 Å². The average Bonchev–Trinajstić information content (AvgIpc) is 2.46. The molecule has 1 aliphatic rings. The van der Waals surface area contributed by atoms with Crippen molar-refractivity contribution >= 4 is 5.69 Å². The topological polar surface area (TPSA) is 15.7 Å². The second kappa shape index (κ2) is 7.09. The van der Waals surface area contributed by atoms with Crippen LogP contribution >= 0.6 is 0 Å². The van der Waals surface area contributed by atoms with Gasteiger partial charge in [0.2, 0.25) is 0 Å². The van der Waals surface area contributed by atoms with E-state index in [0.717, 1.165) is 26.2 Å². The standard InChI is InChI=1S/C17H28N2O/c1-5-14(2)15-6-8-16(9-7-15)19-10-11-20-17(13-19)12-18(3)4/h6-9,14,17H,5,10-13H2,1-4H3/t14?,17-/m1/s1. The highest BCUT2D eigenvalue weighted by Gasteiger charge is 2.21. The summed E-state index contributed by atoms with van der Waals surface area (Å²) in [4.78, 5) is 4.64. The molecule has 0 spiro atoms. The Hall–Kier alpha value is -1.06. The van der Waals surface area contributed by atoms with Crippen LogP contribution in [0.3, 0.4) is 0 Å². The van der Waals surface area contributed by atoms with Crippen molar-refractivity contribution in [1.29, 1.82) is 0 Å². The van der Waals surface area contributed by atoms with Crippen LogP contribution in [0, 0.1) is 0 Å². The van der Waals surface area contributed by atoms with Crippen molar-refractivity contribution in [2.24, 2.45) is 0 Å². The molecule has 1 fully saturated rings. The van der Waals surface area contributed by atoms with Gasteiger partial charge in [0.15, 0.2) is 0 Å². The molecule has 0 aliphatic carbocycles. The van der Waals surface area contributed by atoms with Crippen LogP contribution in [0.25, 0.3) is 0 Å². The fourth-order valence-corrected chi connectivity index (χ4v) is 2.72.